The minimum atomic E-state index is -3.70. The average molecular weight is 454 g/mol. The number of morpholine rings is 1. The van der Waals surface area contributed by atoms with Crippen molar-refractivity contribution >= 4 is 38.9 Å². The number of carbonyl (C=O) groups is 1. The van der Waals surface area contributed by atoms with Gasteiger partial charge in [-0.15, -0.1) is 0 Å². The van der Waals surface area contributed by atoms with Crippen LogP contribution < -0.4 is 20.1 Å². The van der Waals surface area contributed by atoms with Crippen LogP contribution in [0.15, 0.2) is 41.3 Å². The quantitative estimate of drug-likeness (QED) is 0.690. The molecule has 2 aliphatic rings. The van der Waals surface area contributed by atoms with Crippen LogP contribution in [0.5, 0.6) is 11.5 Å². The lowest BCUT2D eigenvalue weighted by Crippen LogP contribution is -2.40. The van der Waals surface area contributed by atoms with Crippen molar-refractivity contribution in [3.8, 4) is 11.5 Å². The van der Waals surface area contributed by atoms with Gasteiger partial charge in [0.2, 0.25) is 22.7 Å². The first kappa shape index (κ1) is 20.7. The van der Waals surface area contributed by atoms with E-state index in [0.717, 1.165) is 0 Å². The Morgan fingerprint density at radius 3 is 2.63 bits per heavy atom. The van der Waals surface area contributed by atoms with Gasteiger partial charge in [0.1, 0.15) is 0 Å². The molecular weight excluding hydrogens is 434 g/mol. The van der Waals surface area contributed by atoms with Crippen molar-refractivity contribution in [1.82, 2.24) is 4.31 Å². The lowest BCUT2D eigenvalue weighted by atomic mass is 10.2. The second kappa shape index (κ2) is 8.68. The highest BCUT2D eigenvalue weighted by Crippen LogP contribution is 2.34. The molecule has 0 spiro atoms. The molecule has 0 unspecified atom stereocenters. The molecule has 9 nitrogen and oxygen atoms in total. The molecule has 0 bridgehead atoms. The zero-order chi connectivity index (χ0) is 21.1. The Hall–Kier alpha value is -2.53. The fourth-order valence-electron chi connectivity index (χ4n) is 3.08. The van der Waals surface area contributed by atoms with Crippen LogP contribution in [0.25, 0.3) is 0 Å². The Morgan fingerprint density at radius 1 is 1.07 bits per heavy atom. The molecule has 2 heterocycles. The summed E-state index contributed by atoms with van der Waals surface area (Å²) in [6, 6.07) is 9.50. The number of anilines is 2. The number of hydrogen-bond acceptors (Lipinski definition) is 7. The van der Waals surface area contributed by atoms with Gasteiger partial charge in [-0.25, -0.2) is 8.42 Å². The highest BCUT2D eigenvalue weighted by atomic mass is 35.5. The van der Waals surface area contributed by atoms with Crippen molar-refractivity contribution in [3.05, 3.63) is 41.4 Å². The highest BCUT2D eigenvalue weighted by Gasteiger charge is 2.27. The molecule has 0 radical (unpaired) electrons. The first-order chi connectivity index (χ1) is 14.4. The standard InChI is InChI=1S/C19H20ClN3O6S/c20-15-3-2-14(30(25,26)23-5-7-27-8-6-23)10-16(15)22-19(24)11-21-13-1-4-17-18(9-13)29-12-28-17/h1-4,9-10,21H,5-8,11-12H2,(H,22,24). The summed E-state index contributed by atoms with van der Waals surface area (Å²) in [5, 5.41) is 5.87. The van der Waals surface area contributed by atoms with Gasteiger partial charge in [-0.1, -0.05) is 11.6 Å². The fraction of sp³-hybridized carbons (Fsp3) is 0.316. The number of hydrogen-bond donors (Lipinski definition) is 2. The van der Waals surface area contributed by atoms with E-state index in [9.17, 15) is 13.2 Å². The predicted molar refractivity (Wildman–Crippen MR) is 111 cm³/mol. The summed E-state index contributed by atoms with van der Waals surface area (Å²) >= 11 is 6.16. The topological polar surface area (TPSA) is 106 Å². The normalized spacial score (nSPS) is 16.3. The smallest absolute Gasteiger partial charge is 0.243 e. The number of nitrogens with zero attached hydrogens (tertiary/aromatic N) is 1. The van der Waals surface area contributed by atoms with Crippen LogP contribution in [0.2, 0.25) is 5.02 Å². The third-order valence-electron chi connectivity index (χ3n) is 4.65. The van der Waals surface area contributed by atoms with E-state index in [1.54, 1.807) is 18.2 Å². The lowest BCUT2D eigenvalue weighted by molar-refractivity contribution is -0.114. The Labute approximate surface area is 178 Å². The molecule has 2 N–H and O–H groups in total. The van der Waals surface area contributed by atoms with Gasteiger partial charge in [0.05, 0.1) is 35.4 Å². The molecule has 30 heavy (non-hydrogen) atoms. The summed E-state index contributed by atoms with van der Waals surface area (Å²) in [4.78, 5) is 12.4. The number of fused-ring (bicyclic) bond motifs is 1. The molecule has 0 saturated carbocycles. The summed E-state index contributed by atoms with van der Waals surface area (Å²) in [5.41, 5.74) is 0.910. The van der Waals surface area contributed by atoms with Crippen LogP contribution in [0, 0.1) is 0 Å². The maximum Gasteiger partial charge on any atom is 0.243 e. The van der Waals surface area contributed by atoms with Crippen LogP contribution in [-0.4, -0.2) is 58.3 Å². The number of ether oxygens (including phenoxy) is 3. The van der Waals surface area contributed by atoms with Crippen molar-refractivity contribution < 1.29 is 27.4 Å². The SMILES string of the molecule is O=C(CNc1ccc2c(c1)OCO2)Nc1cc(S(=O)(=O)N2CCOCC2)ccc1Cl. The molecule has 0 atom stereocenters. The van der Waals surface area contributed by atoms with Crippen LogP contribution in [0.3, 0.4) is 0 Å². The molecule has 160 valence electrons. The van der Waals surface area contributed by atoms with Gasteiger partial charge in [-0.3, -0.25) is 4.79 Å². The van der Waals surface area contributed by atoms with Crippen LogP contribution in [0.1, 0.15) is 0 Å². The summed E-state index contributed by atoms with van der Waals surface area (Å²) in [6.45, 7) is 1.39. The van der Waals surface area contributed by atoms with Crippen molar-refractivity contribution in [1.29, 1.82) is 0 Å². The van der Waals surface area contributed by atoms with Crippen molar-refractivity contribution in [2.45, 2.75) is 4.90 Å². The van der Waals surface area contributed by atoms with E-state index >= 15 is 0 Å². The highest BCUT2D eigenvalue weighted by molar-refractivity contribution is 7.89. The summed E-state index contributed by atoms with van der Waals surface area (Å²) in [6.07, 6.45) is 0. The van der Waals surface area contributed by atoms with Crippen LogP contribution >= 0.6 is 11.6 Å². The average Bonchev–Trinajstić information content (AvgIpc) is 3.22. The Kier molecular flexibility index (Phi) is 6.00. The predicted octanol–water partition coefficient (Wildman–Crippen LogP) is 2.14. The maximum atomic E-state index is 12.8. The van der Waals surface area contributed by atoms with Crippen molar-refractivity contribution in [3.63, 3.8) is 0 Å². The zero-order valence-corrected chi connectivity index (χ0v) is 17.5. The summed E-state index contributed by atoms with van der Waals surface area (Å²) in [5.74, 6) is 0.870. The molecule has 1 fully saturated rings. The van der Waals surface area contributed by atoms with Crippen molar-refractivity contribution in [2.75, 3.05) is 50.3 Å². The molecule has 0 aliphatic carbocycles. The molecule has 2 aromatic carbocycles. The third kappa shape index (κ3) is 4.46. The molecule has 0 aromatic heterocycles. The van der Waals surface area contributed by atoms with Crippen LogP contribution in [0.4, 0.5) is 11.4 Å². The van der Waals surface area contributed by atoms with E-state index < -0.39 is 10.0 Å². The van der Waals surface area contributed by atoms with E-state index in [4.69, 9.17) is 25.8 Å². The monoisotopic (exact) mass is 453 g/mol. The second-order valence-corrected chi connectivity index (χ2v) is 8.97. The number of halogens is 1. The number of rotatable bonds is 6. The second-order valence-electron chi connectivity index (χ2n) is 6.63. The molecule has 11 heteroatoms. The number of carbonyl (C=O) groups excluding carboxylic acids is 1. The number of amides is 1. The zero-order valence-electron chi connectivity index (χ0n) is 15.9. The van der Waals surface area contributed by atoms with Gasteiger partial charge in [0.15, 0.2) is 11.5 Å². The minimum absolute atomic E-state index is 0.0452. The van der Waals surface area contributed by atoms with E-state index in [-0.39, 0.29) is 47.9 Å². The summed E-state index contributed by atoms with van der Waals surface area (Å²) in [7, 11) is -3.70. The maximum absolute atomic E-state index is 12.8. The van der Waals surface area contributed by atoms with Gasteiger partial charge in [-0.05, 0) is 30.3 Å². The number of sulfonamides is 1. The molecule has 1 saturated heterocycles. The first-order valence-corrected chi connectivity index (χ1v) is 11.1. The Morgan fingerprint density at radius 2 is 1.83 bits per heavy atom. The summed E-state index contributed by atoms with van der Waals surface area (Å²) < 4.78 is 42.8. The molecule has 1 amide bonds. The van der Waals surface area contributed by atoms with Gasteiger partial charge >= 0.3 is 0 Å². The van der Waals surface area contributed by atoms with Gasteiger partial charge in [0.25, 0.3) is 0 Å². The largest absolute Gasteiger partial charge is 0.454 e. The third-order valence-corrected chi connectivity index (χ3v) is 6.87. The molecular formula is C19H20ClN3O6S. The fourth-order valence-corrected chi connectivity index (χ4v) is 4.68. The van der Waals surface area contributed by atoms with E-state index in [2.05, 4.69) is 10.6 Å². The van der Waals surface area contributed by atoms with E-state index in [1.807, 2.05) is 0 Å². The molecule has 2 aromatic rings. The van der Waals surface area contributed by atoms with Crippen molar-refractivity contribution in [2.24, 2.45) is 0 Å². The van der Waals surface area contributed by atoms with Gasteiger partial charge < -0.3 is 24.8 Å². The van der Waals surface area contributed by atoms with E-state index in [1.165, 1.54) is 22.5 Å². The Bertz CT molecular complexity index is 1060. The lowest BCUT2D eigenvalue weighted by Gasteiger charge is -2.26. The number of nitrogens with one attached hydrogen (secondary N) is 2. The number of benzene rings is 2. The van der Waals surface area contributed by atoms with Gasteiger partial charge in [0, 0.05) is 24.8 Å². The molecule has 4 rings (SSSR count). The first-order valence-electron chi connectivity index (χ1n) is 9.24. The molecule has 2 aliphatic heterocycles. The van der Waals surface area contributed by atoms with Gasteiger partial charge in [-0.2, -0.15) is 4.31 Å². The van der Waals surface area contributed by atoms with Crippen LogP contribution in [-0.2, 0) is 19.6 Å². The Balaban J connectivity index is 1.42. The van der Waals surface area contributed by atoms with E-state index in [0.29, 0.717) is 30.4 Å². The minimum Gasteiger partial charge on any atom is -0.454 e.